The van der Waals surface area contributed by atoms with E-state index in [1.807, 2.05) is 6.08 Å². The van der Waals surface area contributed by atoms with E-state index in [9.17, 15) is 0 Å². The normalized spacial score (nSPS) is 41.2. The Morgan fingerprint density at radius 1 is 1.38 bits per heavy atom. The number of hydrogen-bond acceptors (Lipinski definition) is 1. The molecule has 0 amide bonds. The molecule has 4 unspecified atom stereocenters. The third-order valence-electron chi connectivity index (χ3n) is 3.68. The highest BCUT2D eigenvalue weighted by molar-refractivity contribution is 4.91. The quantitative estimate of drug-likeness (QED) is 0.593. The molecular weight excluding hydrogens is 160 g/mol. The summed E-state index contributed by atoms with van der Waals surface area (Å²) in [5, 5.41) is 0. The maximum atomic E-state index is 6.05. The Kier molecular flexibility index (Phi) is 2.73. The summed E-state index contributed by atoms with van der Waals surface area (Å²) in [5.74, 6) is 1.40. The lowest BCUT2D eigenvalue weighted by Gasteiger charge is -2.23. The second-order valence-corrected chi connectivity index (χ2v) is 4.59. The van der Waals surface area contributed by atoms with Gasteiger partial charge in [-0.15, -0.1) is 6.58 Å². The van der Waals surface area contributed by atoms with Gasteiger partial charge in [0.05, 0.1) is 12.2 Å². The number of fused-ring (bicyclic) bond motifs is 1. The van der Waals surface area contributed by atoms with E-state index in [0.717, 1.165) is 5.92 Å². The van der Waals surface area contributed by atoms with Crippen LogP contribution in [0.4, 0.5) is 0 Å². The predicted octanol–water partition coefficient (Wildman–Crippen LogP) is 3.16. The first kappa shape index (κ1) is 9.26. The number of ether oxygens (including phenoxy) is 1. The van der Waals surface area contributed by atoms with Crippen molar-refractivity contribution in [1.29, 1.82) is 0 Å². The molecule has 0 bridgehead atoms. The van der Waals surface area contributed by atoms with Crippen LogP contribution < -0.4 is 0 Å². The van der Waals surface area contributed by atoms with Crippen molar-refractivity contribution >= 4 is 0 Å². The Bertz CT molecular complexity index is 174. The zero-order valence-corrected chi connectivity index (χ0v) is 8.54. The topological polar surface area (TPSA) is 9.23 Å². The van der Waals surface area contributed by atoms with Crippen molar-refractivity contribution in [3.8, 4) is 0 Å². The van der Waals surface area contributed by atoms with Gasteiger partial charge in [-0.2, -0.15) is 0 Å². The first-order valence-corrected chi connectivity index (χ1v) is 5.59. The highest BCUT2D eigenvalue weighted by Crippen LogP contribution is 2.39. The molecule has 2 rings (SSSR count). The van der Waals surface area contributed by atoms with Gasteiger partial charge in [-0.25, -0.2) is 0 Å². The Balaban J connectivity index is 1.94. The SMILES string of the molecule is C=CC(C)C1CC2CCCCC2O1. The number of rotatable bonds is 2. The van der Waals surface area contributed by atoms with Crippen LogP contribution in [-0.2, 0) is 4.74 Å². The molecule has 0 aromatic heterocycles. The minimum absolute atomic E-state index is 0.464. The van der Waals surface area contributed by atoms with Crippen LogP contribution in [0.3, 0.4) is 0 Å². The molecule has 0 N–H and O–H groups in total. The average molecular weight is 180 g/mol. The fraction of sp³-hybridized carbons (Fsp3) is 0.833. The standard InChI is InChI=1S/C12H20O/c1-3-9(2)12-8-10-6-4-5-7-11(10)13-12/h3,9-12H,1,4-8H2,2H3. The first-order valence-electron chi connectivity index (χ1n) is 5.59. The van der Waals surface area contributed by atoms with Gasteiger partial charge in [0.25, 0.3) is 0 Å². The molecule has 0 aromatic carbocycles. The molecule has 0 radical (unpaired) electrons. The van der Waals surface area contributed by atoms with Gasteiger partial charge in [-0.3, -0.25) is 0 Å². The van der Waals surface area contributed by atoms with Crippen molar-refractivity contribution in [2.24, 2.45) is 11.8 Å². The molecule has 0 spiro atoms. The van der Waals surface area contributed by atoms with E-state index in [4.69, 9.17) is 4.74 Å². The highest BCUT2D eigenvalue weighted by Gasteiger charge is 2.37. The van der Waals surface area contributed by atoms with Crippen molar-refractivity contribution in [3.63, 3.8) is 0 Å². The van der Waals surface area contributed by atoms with E-state index in [-0.39, 0.29) is 0 Å². The van der Waals surface area contributed by atoms with E-state index in [2.05, 4.69) is 13.5 Å². The lowest BCUT2D eigenvalue weighted by atomic mass is 9.84. The predicted molar refractivity (Wildman–Crippen MR) is 54.6 cm³/mol. The van der Waals surface area contributed by atoms with Crippen LogP contribution >= 0.6 is 0 Å². The monoisotopic (exact) mass is 180 g/mol. The molecule has 74 valence electrons. The van der Waals surface area contributed by atoms with E-state index in [1.165, 1.54) is 32.1 Å². The van der Waals surface area contributed by atoms with Crippen LogP contribution in [0.25, 0.3) is 0 Å². The average Bonchev–Trinajstić information content (AvgIpc) is 2.59. The summed E-state index contributed by atoms with van der Waals surface area (Å²) in [7, 11) is 0. The summed E-state index contributed by atoms with van der Waals surface area (Å²) < 4.78 is 6.05. The summed E-state index contributed by atoms with van der Waals surface area (Å²) in [5.41, 5.74) is 0. The van der Waals surface area contributed by atoms with Gasteiger partial charge in [0.1, 0.15) is 0 Å². The molecule has 0 aromatic rings. The summed E-state index contributed by atoms with van der Waals surface area (Å²) in [4.78, 5) is 0. The Morgan fingerprint density at radius 2 is 2.15 bits per heavy atom. The molecule has 2 fully saturated rings. The van der Waals surface area contributed by atoms with Crippen molar-refractivity contribution in [2.75, 3.05) is 0 Å². The Hall–Kier alpha value is -0.300. The fourth-order valence-corrected chi connectivity index (χ4v) is 2.69. The zero-order chi connectivity index (χ0) is 9.26. The molecule has 1 saturated carbocycles. The Morgan fingerprint density at radius 3 is 2.85 bits per heavy atom. The molecule has 1 aliphatic heterocycles. The van der Waals surface area contributed by atoms with Crippen LogP contribution in [0.15, 0.2) is 12.7 Å². The van der Waals surface area contributed by atoms with Crippen LogP contribution in [0.5, 0.6) is 0 Å². The molecule has 1 heterocycles. The molecule has 1 aliphatic carbocycles. The summed E-state index contributed by atoms with van der Waals surface area (Å²) in [6.45, 7) is 6.06. The van der Waals surface area contributed by atoms with Crippen molar-refractivity contribution in [2.45, 2.75) is 51.2 Å². The number of hydrogen-bond donors (Lipinski definition) is 0. The lowest BCUT2D eigenvalue weighted by Crippen LogP contribution is -2.20. The second kappa shape index (κ2) is 3.83. The van der Waals surface area contributed by atoms with Gasteiger partial charge < -0.3 is 4.74 Å². The minimum Gasteiger partial charge on any atom is -0.374 e. The third kappa shape index (κ3) is 1.80. The zero-order valence-electron chi connectivity index (χ0n) is 8.54. The van der Waals surface area contributed by atoms with Gasteiger partial charge in [-0.05, 0) is 31.1 Å². The van der Waals surface area contributed by atoms with E-state index < -0.39 is 0 Å². The lowest BCUT2D eigenvalue weighted by molar-refractivity contribution is 0.00450. The van der Waals surface area contributed by atoms with E-state index in [1.54, 1.807) is 0 Å². The second-order valence-electron chi connectivity index (χ2n) is 4.59. The minimum atomic E-state index is 0.464. The molecule has 2 aliphatic rings. The summed E-state index contributed by atoms with van der Waals surface area (Å²) in [6, 6.07) is 0. The van der Waals surface area contributed by atoms with Gasteiger partial charge in [0.15, 0.2) is 0 Å². The molecular formula is C12H20O. The van der Waals surface area contributed by atoms with Crippen LogP contribution in [0.2, 0.25) is 0 Å². The smallest absolute Gasteiger partial charge is 0.0642 e. The van der Waals surface area contributed by atoms with Gasteiger partial charge in [-0.1, -0.05) is 25.8 Å². The van der Waals surface area contributed by atoms with Crippen LogP contribution in [-0.4, -0.2) is 12.2 Å². The molecule has 1 nitrogen and oxygen atoms in total. The fourth-order valence-electron chi connectivity index (χ4n) is 2.69. The highest BCUT2D eigenvalue weighted by atomic mass is 16.5. The van der Waals surface area contributed by atoms with E-state index >= 15 is 0 Å². The molecule has 1 saturated heterocycles. The first-order chi connectivity index (χ1) is 6.31. The summed E-state index contributed by atoms with van der Waals surface area (Å²) >= 11 is 0. The van der Waals surface area contributed by atoms with Crippen molar-refractivity contribution in [3.05, 3.63) is 12.7 Å². The van der Waals surface area contributed by atoms with Crippen molar-refractivity contribution < 1.29 is 4.74 Å². The van der Waals surface area contributed by atoms with Crippen LogP contribution in [0, 0.1) is 11.8 Å². The summed E-state index contributed by atoms with van der Waals surface area (Å²) in [6.07, 6.45) is 9.83. The largest absolute Gasteiger partial charge is 0.374 e. The molecule has 4 atom stereocenters. The Labute approximate surface area is 81.2 Å². The third-order valence-corrected chi connectivity index (χ3v) is 3.68. The van der Waals surface area contributed by atoms with Crippen LogP contribution in [0.1, 0.15) is 39.0 Å². The van der Waals surface area contributed by atoms with Gasteiger partial charge in [0.2, 0.25) is 0 Å². The van der Waals surface area contributed by atoms with Gasteiger partial charge in [0, 0.05) is 0 Å². The maximum absolute atomic E-state index is 6.05. The van der Waals surface area contributed by atoms with Crippen molar-refractivity contribution in [1.82, 2.24) is 0 Å². The van der Waals surface area contributed by atoms with Gasteiger partial charge >= 0.3 is 0 Å². The maximum Gasteiger partial charge on any atom is 0.0642 e. The molecule has 1 heteroatoms. The molecule has 13 heavy (non-hydrogen) atoms. The van der Waals surface area contributed by atoms with E-state index in [0.29, 0.717) is 18.1 Å².